The molecule has 0 bridgehead atoms. The molecule has 0 saturated carbocycles. The summed E-state index contributed by atoms with van der Waals surface area (Å²) in [6, 6.07) is 4.27. The van der Waals surface area contributed by atoms with Crippen molar-refractivity contribution in [2.75, 3.05) is 45.2 Å². The van der Waals surface area contributed by atoms with Crippen molar-refractivity contribution >= 4 is 17.7 Å². The highest BCUT2D eigenvalue weighted by Crippen LogP contribution is 2.21. The van der Waals surface area contributed by atoms with Gasteiger partial charge in [0, 0.05) is 46.0 Å². The summed E-state index contributed by atoms with van der Waals surface area (Å²) in [5, 5.41) is 3.42. The Kier molecular flexibility index (Phi) is 7.12. The van der Waals surface area contributed by atoms with Crippen LogP contribution in [0.3, 0.4) is 0 Å². The second kappa shape index (κ2) is 9.75. The van der Waals surface area contributed by atoms with Crippen molar-refractivity contribution in [1.29, 1.82) is 0 Å². The van der Waals surface area contributed by atoms with Crippen molar-refractivity contribution in [2.45, 2.75) is 39.2 Å². The molecule has 0 amide bonds. The Morgan fingerprint density at radius 2 is 1.93 bits per heavy atom. The minimum atomic E-state index is -0.100. The smallest absolute Gasteiger partial charge is 0.308 e. The fourth-order valence-corrected chi connectivity index (χ4v) is 3.95. The lowest BCUT2D eigenvalue weighted by Gasteiger charge is -2.33. The van der Waals surface area contributed by atoms with Crippen LogP contribution in [0.1, 0.15) is 38.2 Å². The van der Waals surface area contributed by atoms with Gasteiger partial charge < -0.3 is 19.9 Å². The van der Waals surface area contributed by atoms with Gasteiger partial charge in [0.15, 0.2) is 5.96 Å². The summed E-state index contributed by atoms with van der Waals surface area (Å²) in [6.07, 6.45) is 6.05. The molecule has 3 rings (SSSR count). The summed E-state index contributed by atoms with van der Waals surface area (Å²) in [6.45, 7) is 6.83. The molecule has 0 aromatic carbocycles. The van der Waals surface area contributed by atoms with Gasteiger partial charge in [-0.15, -0.1) is 0 Å². The molecule has 7 heteroatoms. The monoisotopic (exact) mass is 387 g/mol. The molecular weight excluding hydrogens is 354 g/mol. The van der Waals surface area contributed by atoms with Gasteiger partial charge in [0.1, 0.15) is 5.82 Å². The van der Waals surface area contributed by atoms with E-state index in [1.807, 2.05) is 6.20 Å². The van der Waals surface area contributed by atoms with Crippen LogP contribution in [0.15, 0.2) is 23.3 Å². The van der Waals surface area contributed by atoms with E-state index in [-0.39, 0.29) is 11.9 Å². The van der Waals surface area contributed by atoms with Crippen LogP contribution in [0.25, 0.3) is 0 Å². The molecule has 2 aliphatic heterocycles. The minimum Gasteiger partial charge on any atom is -0.469 e. The number of guanidine groups is 1. The van der Waals surface area contributed by atoms with Crippen molar-refractivity contribution in [1.82, 2.24) is 15.2 Å². The van der Waals surface area contributed by atoms with Crippen molar-refractivity contribution < 1.29 is 9.53 Å². The standard InChI is InChI=1S/C21H33N5O2/c1-16-6-10-25(11-7-16)19-5-4-17(14-23-19)15-24-21(22-2)26-12-8-18(9-13-26)20(27)28-3/h4-5,14,16,18H,6-13,15H2,1-3H3,(H,22,24). The Hall–Kier alpha value is -2.31. The SMILES string of the molecule is CN=C(NCc1ccc(N2CCC(C)CC2)nc1)N1CCC(C(=O)OC)CC1. The number of aliphatic imine (C=N–C) groups is 1. The maximum atomic E-state index is 11.7. The van der Waals surface area contributed by atoms with Gasteiger partial charge in [0.05, 0.1) is 13.0 Å². The highest BCUT2D eigenvalue weighted by atomic mass is 16.5. The molecule has 0 unspecified atom stereocenters. The van der Waals surface area contributed by atoms with Gasteiger partial charge in [-0.1, -0.05) is 13.0 Å². The number of methoxy groups -OCH3 is 1. The van der Waals surface area contributed by atoms with Gasteiger partial charge in [0.25, 0.3) is 0 Å². The van der Waals surface area contributed by atoms with Crippen LogP contribution in [-0.4, -0.2) is 62.1 Å². The summed E-state index contributed by atoms with van der Waals surface area (Å²) < 4.78 is 4.86. The molecule has 2 aliphatic rings. The Labute approximate surface area is 168 Å². The summed E-state index contributed by atoms with van der Waals surface area (Å²) >= 11 is 0. The fourth-order valence-electron chi connectivity index (χ4n) is 3.95. The van der Waals surface area contributed by atoms with Crippen molar-refractivity contribution in [3.05, 3.63) is 23.9 Å². The summed E-state index contributed by atoms with van der Waals surface area (Å²) in [5.41, 5.74) is 1.14. The molecule has 3 heterocycles. The third kappa shape index (κ3) is 5.14. The molecule has 0 spiro atoms. The van der Waals surface area contributed by atoms with E-state index in [2.05, 4.69) is 44.1 Å². The second-order valence-electron chi connectivity index (χ2n) is 7.88. The topological polar surface area (TPSA) is 70.1 Å². The highest BCUT2D eigenvalue weighted by molar-refractivity contribution is 5.80. The van der Waals surface area contributed by atoms with Crippen LogP contribution >= 0.6 is 0 Å². The molecule has 0 atom stereocenters. The Morgan fingerprint density at radius 1 is 1.21 bits per heavy atom. The van der Waals surface area contributed by atoms with Gasteiger partial charge in [-0.25, -0.2) is 4.98 Å². The number of carbonyl (C=O) groups excluding carboxylic acids is 1. The summed E-state index contributed by atoms with van der Waals surface area (Å²) in [7, 11) is 3.26. The third-order valence-corrected chi connectivity index (χ3v) is 5.91. The zero-order valence-electron chi connectivity index (χ0n) is 17.4. The molecule has 0 aliphatic carbocycles. The average molecular weight is 388 g/mol. The minimum absolute atomic E-state index is 0.00822. The Morgan fingerprint density at radius 3 is 2.50 bits per heavy atom. The number of ether oxygens (including phenoxy) is 1. The van der Waals surface area contributed by atoms with E-state index in [0.717, 1.165) is 62.3 Å². The molecule has 1 aromatic rings. The molecular formula is C21H33N5O2. The second-order valence-corrected chi connectivity index (χ2v) is 7.88. The molecule has 1 aromatic heterocycles. The van der Waals surface area contributed by atoms with Gasteiger partial charge in [-0.2, -0.15) is 0 Å². The van der Waals surface area contributed by atoms with Crippen molar-refractivity contribution in [2.24, 2.45) is 16.8 Å². The van der Waals surface area contributed by atoms with Crippen LogP contribution in [0.4, 0.5) is 5.82 Å². The maximum Gasteiger partial charge on any atom is 0.308 e. The number of hydrogen-bond donors (Lipinski definition) is 1. The molecule has 0 radical (unpaired) electrons. The number of likely N-dealkylation sites (tertiary alicyclic amines) is 1. The first kappa shape index (κ1) is 20.4. The number of rotatable bonds is 4. The third-order valence-electron chi connectivity index (χ3n) is 5.91. The van der Waals surface area contributed by atoms with Crippen molar-refractivity contribution in [3.63, 3.8) is 0 Å². The van der Waals surface area contributed by atoms with E-state index in [1.165, 1.54) is 20.0 Å². The number of nitrogens with zero attached hydrogens (tertiary/aromatic N) is 4. The molecule has 28 heavy (non-hydrogen) atoms. The number of carbonyl (C=O) groups is 1. The number of anilines is 1. The molecule has 2 saturated heterocycles. The predicted molar refractivity (Wildman–Crippen MR) is 111 cm³/mol. The number of aromatic nitrogens is 1. The number of hydrogen-bond acceptors (Lipinski definition) is 5. The van der Waals surface area contributed by atoms with Gasteiger partial charge in [-0.3, -0.25) is 9.79 Å². The van der Waals surface area contributed by atoms with Gasteiger partial charge in [-0.05, 0) is 43.2 Å². The Bertz CT molecular complexity index is 660. The lowest BCUT2D eigenvalue weighted by molar-refractivity contribution is -0.146. The van der Waals surface area contributed by atoms with E-state index < -0.39 is 0 Å². The van der Waals surface area contributed by atoms with Crippen molar-refractivity contribution in [3.8, 4) is 0 Å². The van der Waals surface area contributed by atoms with E-state index in [0.29, 0.717) is 6.54 Å². The van der Waals surface area contributed by atoms with Crippen LogP contribution in [-0.2, 0) is 16.1 Å². The van der Waals surface area contributed by atoms with Crippen LogP contribution in [0.5, 0.6) is 0 Å². The lowest BCUT2D eigenvalue weighted by Crippen LogP contribution is -2.46. The van der Waals surface area contributed by atoms with Crippen LogP contribution in [0.2, 0.25) is 0 Å². The molecule has 154 valence electrons. The first-order valence-electron chi connectivity index (χ1n) is 10.3. The molecule has 2 fully saturated rings. The number of pyridine rings is 1. The van der Waals surface area contributed by atoms with Gasteiger partial charge >= 0.3 is 5.97 Å². The Balaban J connectivity index is 1.48. The normalized spacial score (nSPS) is 19.6. The number of piperidine rings is 2. The zero-order chi connectivity index (χ0) is 19.9. The van der Waals surface area contributed by atoms with Crippen LogP contribution < -0.4 is 10.2 Å². The van der Waals surface area contributed by atoms with E-state index in [1.54, 1.807) is 7.05 Å². The number of esters is 1. The first-order valence-corrected chi connectivity index (χ1v) is 10.3. The fraction of sp³-hybridized carbons (Fsp3) is 0.667. The summed E-state index contributed by atoms with van der Waals surface area (Å²) in [4.78, 5) is 25.3. The highest BCUT2D eigenvalue weighted by Gasteiger charge is 2.27. The quantitative estimate of drug-likeness (QED) is 0.486. The first-order chi connectivity index (χ1) is 13.6. The number of nitrogens with one attached hydrogen (secondary N) is 1. The van der Waals surface area contributed by atoms with E-state index in [9.17, 15) is 4.79 Å². The zero-order valence-corrected chi connectivity index (χ0v) is 17.4. The average Bonchev–Trinajstić information content (AvgIpc) is 2.75. The van der Waals surface area contributed by atoms with E-state index >= 15 is 0 Å². The lowest BCUT2D eigenvalue weighted by atomic mass is 9.97. The summed E-state index contributed by atoms with van der Waals surface area (Å²) in [5.74, 6) is 2.68. The van der Waals surface area contributed by atoms with E-state index in [4.69, 9.17) is 4.74 Å². The molecule has 7 nitrogen and oxygen atoms in total. The largest absolute Gasteiger partial charge is 0.469 e. The predicted octanol–water partition coefficient (Wildman–Crippen LogP) is 2.28. The maximum absolute atomic E-state index is 11.7. The molecule has 1 N–H and O–H groups in total. The van der Waals surface area contributed by atoms with Gasteiger partial charge in [0.2, 0.25) is 0 Å². The van der Waals surface area contributed by atoms with Crippen LogP contribution in [0, 0.1) is 11.8 Å².